The molecule has 1 aromatic carbocycles. The van der Waals surface area contributed by atoms with Crippen molar-refractivity contribution in [1.29, 1.82) is 0 Å². The lowest BCUT2D eigenvalue weighted by Crippen LogP contribution is -2.44. The summed E-state index contributed by atoms with van der Waals surface area (Å²) in [4.78, 5) is 15.2. The zero-order valence-corrected chi connectivity index (χ0v) is 12.1. The summed E-state index contributed by atoms with van der Waals surface area (Å²) in [6.45, 7) is 4.64. The first-order valence-electron chi connectivity index (χ1n) is 6.38. The number of rotatable bonds is 4. The molecular formula is C14H19NO3S. The van der Waals surface area contributed by atoms with Gasteiger partial charge in [0.25, 0.3) is 0 Å². The first-order valence-corrected chi connectivity index (χ1v) is 7.26. The fourth-order valence-electron chi connectivity index (χ4n) is 1.95. The second-order valence-electron chi connectivity index (χ2n) is 4.37. The molecule has 4 nitrogen and oxygen atoms in total. The van der Waals surface area contributed by atoms with Gasteiger partial charge in [0.1, 0.15) is 5.75 Å². The number of benzene rings is 1. The number of nitrogens with zero attached hydrogens (tertiary/aromatic N) is 1. The van der Waals surface area contributed by atoms with E-state index in [2.05, 4.69) is 0 Å². The monoisotopic (exact) mass is 281 g/mol. The van der Waals surface area contributed by atoms with Gasteiger partial charge in [-0.1, -0.05) is 0 Å². The molecule has 1 aliphatic heterocycles. The Kier molecular flexibility index (Phi) is 5.10. The minimum absolute atomic E-state index is 0.0773. The first-order chi connectivity index (χ1) is 9.20. The van der Waals surface area contributed by atoms with E-state index in [1.807, 2.05) is 36.1 Å². The maximum absolute atomic E-state index is 12.3. The van der Waals surface area contributed by atoms with Crippen molar-refractivity contribution in [3.63, 3.8) is 0 Å². The van der Waals surface area contributed by atoms with Gasteiger partial charge in [-0.2, -0.15) is 0 Å². The molecule has 1 saturated heterocycles. The van der Waals surface area contributed by atoms with Gasteiger partial charge in [-0.15, -0.1) is 11.8 Å². The minimum Gasteiger partial charge on any atom is -0.497 e. The van der Waals surface area contributed by atoms with Crippen LogP contribution in [0.3, 0.4) is 0 Å². The molecule has 5 heteroatoms. The van der Waals surface area contributed by atoms with Crippen LogP contribution in [0, 0.1) is 0 Å². The van der Waals surface area contributed by atoms with Crippen LogP contribution in [0.25, 0.3) is 0 Å². The normalized spacial score (nSPS) is 17.1. The van der Waals surface area contributed by atoms with Crippen molar-refractivity contribution < 1.29 is 14.3 Å². The number of hydrogen-bond acceptors (Lipinski definition) is 4. The van der Waals surface area contributed by atoms with Gasteiger partial charge in [-0.3, -0.25) is 4.79 Å². The number of thioether (sulfide) groups is 1. The average Bonchev–Trinajstić information content (AvgIpc) is 2.48. The lowest BCUT2D eigenvalue weighted by molar-refractivity contribution is -0.134. The van der Waals surface area contributed by atoms with Crippen LogP contribution in [0.5, 0.6) is 5.75 Å². The van der Waals surface area contributed by atoms with Gasteiger partial charge < -0.3 is 14.4 Å². The third kappa shape index (κ3) is 3.88. The smallest absolute Gasteiger partial charge is 0.235 e. The van der Waals surface area contributed by atoms with E-state index < -0.39 is 0 Å². The van der Waals surface area contributed by atoms with Crippen LogP contribution in [0.4, 0.5) is 0 Å². The summed E-state index contributed by atoms with van der Waals surface area (Å²) in [5, 5.41) is -0.0773. The maximum atomic E-state index is 12.3. The standard InChI is InChI=1S/C14H19NO3S/c1-11(14(16)15-7-9-18-10-8-15)19-13-5-3-12(17-2)4-6-13/h3-6,11H,7-10H2,1-2H3/t11-/m1/s1. The van der Waals surface area contributed by atoms with E-state index in [-0.39, 0.29) is 11.2 Å². The van der Waals surface area contributed by atoms with Crippen molar-refractivity contribution in [1.82, 2.24) is 4.90 Å². The topological polar surface area (TPSA) is 38.8 Å². The van der Waals surface area contributed by atoms with E-state index in [0.717, 1.165) is 10.6 Å². The van der Waals surface area contributed by atoms with Crippen molar-refractivity contribution in [2.75, 3.05) is 33.4 Å². The third-order valence-electron chi connectivity index (χ3n) is 3.04. The van der Waals surface area contributed by atoms with E-state index in [1.54, 1.807) is 18.9 Å². The van der Waals surface area contributed by atoms with E-state index in [4.69, 9.17) is 9.47 Å². The number of amides is 1. The molecule has 0 aromatic heterocycles. The fourth-order valence-corrected chi connectivity index (χ4v) is 2.90. The van der Waals surface area contributed by atoms with Crippen molar-refractivity contribution in [2.24, 2.45) is 0 Å². The van der Waals surface area contributed by atoms with E-state index in [1.165, 1.54) is 0 Å². The van der Waals surface area contributed by atoms with Crippen LogP contribution >= 0.6 is 11.8 Å². The Morgan fingerprint density at radius 1 is 1.32 bits per heavy atom. The zero-order valence-electron chi connectivity index (χ0n) is 11.3. The zero-order chi connectivity index (χ0) is 13.7. The second kappa shape index (κ2) is 6.82. The Morgan fingerprint density at radius 2 is 1.95 bits per heavy atom. The summed E-state index contributed by atoms with van der Waals surface area (Å²) in [5.41, 5.74) is 0. The molecule has 104 valence electrons. The minimum atomic E-state index is -0.0773. The molecule has 0 aliphatic carbocycles. The molecule has 0 N–H and O–H groups in total. The molecule has 0 saturated carbocycles. The molecule has 1 atom stereocenters. The lowest BCUT2D eigenvalue weighted by atomic mass is 10.3. The predicted molar refractivity (Wildman–Crippen MR) is 75.7 cm³/mol. The molecule has 0 radical (unpaired) electrons. The molecule has 1 aliphatic rings. The molecule has 1 amide bonds. The number of ether oxygens (including phenoxy) is 2. The van der Waals surface area contributed by atoms with E-state index in [0.29, 0.717) is 26.3 Å². The summed E-state index contributed by atoms with van der Waals surface area (Å²) in [5.74, 6) is 1.01. The summed E-state index contributed by atoms with van der Waals surface area (Å²) in [7, 11) is 1.65. The number of carbonyl (C=O) groups excluding carboxylic acids is 1. The fraction of sp³-hybridized carbons (Fsp3) is 0.500. The Labute approximate surface area is 118 Å². The van der Waals surface area contributed by atoms with E-state index >= 15 is 0 Å². The van der Waals surface area contributed by atoms with Gasteiger partial charge in [0.05, 0.1) is 25.6 Å². The van der Waals surface area contributed by atoms with Crippen molar-refractivity contribution in [3.05, 3.63) is 24.3 Å². The highest BCUT2D eigenvalue weighted by atomic mass is 32.2. The SMILES string of the molecule is COc1ccc(S[C@H](C)C(=O)N2CCOCC2)cc1. The highest BCUT2D eigenvalue weighted by Crippen LogP contribution is 2.26. The summed E-state index contributed by atoms with van der Waals surface area (Å²) in [6.07, 6.45) is 0. The Morgan fingerprint density at radius 3 is 2.53 bits per heavy atom. The Balaban J connectivity index is 1.91. The molecule has 0 bridgehead atoms. The molecule has 2 rings (SSSR count). The van der Waals surface area contributed by atoms with Gasteiger partial charge in [0.15, 0.2) is 0 Å². The highest BCUT2D eigenvalue weighted by molar-refractivity contribution is 8.00. The number of morpholine rings is 1. The third-order valence-corrected chi connectivity index (χ3v) is 4.14. The van der Waals surface area contributed by atoms with Gasteiger partial charge in [-0.25, -0.2) is 0 Å². The van der Waals surface area contributed by atoms with Crippen LogP contribution in [0.1, 0.15) is 6.92 Å². The van der Waals surface area contributed by atoms with Crippen molar-refractivity contribution in [2.45, 2.75) is 17.1 Å². The lowest BCUT2D eigenvalue weighted by Gasteiger charge is -2.29. The summed E-state index contributed by atoms with van der Waals surface area (Å²) in [6, 6.07) is 7.78. The molecule has 19 heavy (non-hydrogen) atoms. The summed E-state index contributed by atoms with van der Waals surface area (Å²) >= 11 is 1.58. The van der Waals surface area contributed by atoms with Crippen LogP contribution in [0.15, 0.2) is 29.2 Å². The highest BCUT2D eigenvalue weighted by Gasteiger charge is 2.23. The Bertz CT molecular complexity index is 415. The van der Waals surface area contributed by atoms with Crippen molar-refractivity contribution >= 4 is 17.7 Å². The molecule has 1 fully saturated rings. The molecule has 1 aromatic rings. The number of carbonyl (C=O) groups is 1. The number of hydrogen-bond donors (Lipinski definition) is 0. The second-order valence-corrected chi connectivity index (χ2v) is 5.79. The largest absolute Gasteiger partial charge is 0.497 e. The van der Waals surface area contributed by atoms with Gasteiger partial charge in [-0.05, 0) is 31.2 Å². The molecule has 0 spiro atoms. The van der Waals surface area contributed by atoms with Gasteiger partial charge >= 0.3 is 0 Å². The first kappa shape index (κ1) is 14.2. The maximum Gasteiger partial charge on any atom is 0.235 e. The molecular weight excluding hydrogens is 262 g/mol. The van der Waals surface area contributed by atoms with Gasteiger partial charge in [0.2, 0.25) is 5.91 Å². The van der Waals surface area contributed by atoms with Crippen LogP contribution in [-0.4, -0.2) is 49.5 Å². The molecule has 0 unspecified atom stereocenters. The summed E-state index contributed by atoms with van der Waals surface area (Å²) < 4.78 is 10.4. The predicted octanol–water partition coefficient (Wildman–Crippen LogP) is 2.03. The Hall–Kier alpha value is -1.20. The van der Waals surface area contributed by atoms with Crippen LogP contribution in [0.2, 0.25) is 0 Å². The van der Waals surface area contributed by atoms with Crippen LogP contribution in [-0.2, 0) is 9.53 Å². The quantitative estimate of drug-likeness (QED) is 0.792. The van der Waals surface area contributed by atoms with E-state index in [9.17, 15) is 4.79 Å². The van der Waals surface area contributed by atoms with Crippen molar-refractivity contribution in [3.8, 4) is 5.75 Å². The van der Waals surface area contributed by atoms with Gasteiger partial charge in [0, 0.05) is 18.0 Å². The number of methoxy groups -OCH3 is 1. The van der Waals surface area contributed by atoms with Crippen LogP contribution < -0.4 is 4.74 Å². The molecule has 1 heterocycles. The average molecular weight is 281 g/mol.